The molecule has 0 aromatic carbocycles. The molecule has 0 bridgehead atoms. The summed E-state index contributed by atoms with van der Waals surface area (Å²) in [5.41, 5.74) is 2.67. The van der Waals surface area contributed by atoms with Gasteiger partial charge < -0.3 is 10.6 Å². The van der Waals surface area contributed by atoms with E-state index in [9.17, 15) is 0 Å². The van der Waals surface area contributed by atoms with Gasteiger partial charge in [0.05, 0.1) is 6.54 Å². The highest BCUT2D eigenvalue weighted by Gasteiger charge is 2.19. The van der Waals surface area contributed by atoms with E-state index >= 15 is 0 Å². The quantitative estimate of drug-likeness (QED) is 0.722. The van der Waals surface area contributed by atoms with Crippen molar-refractivity contribution in [3.8, 4) is 0 Å². The Bertz CT molecular complexity index is 380. The zero-order valence-electron chi connectivity index (χ0n) is 14.8. The van der Waals surface area contributed by atoms with E-state index in [-0.39, 0.29) is 11.1 Å². The minimum atomic E-state index is 0.0920. The van der Waals surface area contributed by atoms with Gasteiger partial charge in [-0.25, -0.2) is 0 Å². The van der Waals surface area contributed by atoms with Gasteiger partial charge >= 0.3 is 0 Å². The summed E-state index contributed by atoms with van der Waals surface area (Å²) in [5, 5.41) is 7.22. The third-order valence-corrected chi connectivity index (χ3v) is 3.81. The molecule has 1 aliphatic heterocycles. The molecule has 0 spiro atoms. The molecule has 0 radical (unpaired) electrons. The largest absolute Gasteiger partial charge is 0.311 e. The second kappa shape index (κ2) is 8.04. The summed E-state index contributed by atoms with van der Waals surface area (Å²) in [6, 6.07) is 0. The van der Waals surface area contributed by atoms with E-state index in [1.807, 2.05) is 0 Å². The minimum absolute atomic E-state index is 0.0920. The number of rotatable bonds is 0. The molecule has 4 nitrogen and oxygen atoms in total. The number of nitrogens with one attached hydrogen (secondary N) is 2. The molecule has 0 aromatic heterocycles. The van der Waals surface area contributed by atoms with Gasteiger partial charge in [0.1, 0.15) is 0 Å². The van der Waals surface area contributed by atoms with Crippen LogP contribution >= 0.6 is 0 Å². The van der Waals surface area contributed by atoms with Crippen LogP contribution in [0.15, 0.2) is 9.98 Å². The first-order chi connectivity index (χ1) is 9.70. The molecule has 1 heterocycles. The van der Waals surface area contributed by atoms with Gasteiger partial charge in [0, 0.05) is 48.4 Å². The molecule has 0 amide bonds. The van der Waals surface area contributed by atoms with Crippen molar-refractivity contribution in [3.63, 3.8) is 0 Å². The molecule has 1 rings (SSSR count). The Labute approximate surface area is 130 Å². The van der Waals surface area contributed by atoms with Gasteiger partial charge in [0.15, 0.2) is 0 Å². The first-order valence-electron chi connectivity index (χ1n) is 8.20. The van der Waals surface area contributed by atoms with Gasteiger partial charge in [0.25, 0.3) is 0 Å². The molecule has 0 aromatic rings. The van der Waals surface area contributed by atoms with Gasteiger partial charge in [-0.1, -0.05) is 0 Å². The molecule has 0 atom stereocenters. The van der Waals surface area contributed by atoms with Crippen LogP contribution in [0.5, 0.6) is 0 Å². The van der Waals surface area contributed by atoms with Gasteiger partial charge in [-0.05, 0) is 54.5 Å². The summed E-state index contributed by atoms with van der Waals surface area (Å²) in [7, 11) is 0. The zero-order chi connectivity index (χ0) is 15.9. The van der Waals surface area contributed by atoms with Gasteiger partial charge in [-0.15, -0.1) is 0 Å². The molecule has 0 unspecified atom stereocenters. The van der Waals surface area contributed by atoms with Crippen molar-refractivity contribution in [1.29, 1.82) is 0 Å². The van der Waals surface area contributed by atoms with Crippen molar-refractivity contribution in [1.82, 2.24) is 10.6 Å². The van der Waals surface area contributed by atoms with Crippen LogP contribution in [-0.4, -0.2) is 48.7 Å². The fourth-order valence-electron chi connectivity index (χ4n) is 2.93. The smallest absolute Gasteiger partial charge is 0.0513 e. The molecule has 1 aliphatic rings. The Kier molecular flexibility index (Phi) is 7.01. The monoisotopic (exact) mass is 294 g/mol. The lowest BCUT2D eigenvalue weighted by Crippen LogP contribution is -2.42. The Hall–Kier alpha value is -0.740. The number of hydrogen-bond donors (Lipinski definition) is 2. The van der Waals surface area contributed by atoms with Crippen LogP contribution in [0, 0.1) is 0 Å². The minimum Gasteiger partial charge on any atom is -0.311 e. The van der Waals surface area contributed by atoms with Crippen LogP contribution in [0.25, 0.3) is 0 Å². The molecule has 122 valence electrons. The summed E-state index contributed by atoms with van der Waals surface area (Å²) in [5.74, 6) is 0. The third-order valence-electron chi connectivity index (χ3n) is 3.81. The Morgan fingerprint density at radius 1 is 0.762 bits per heavy atom. The molecule has 0 fully saturated rings. The normalized spacial score (nSPS) is 25.2. The maximum absolute atomic E-state index is 4.70. The lowest BCUT2D eigenvalue weighted by molar-refractivity contribution is 0.399. The summed E-state index contributed by atoms with van der Waals surface area (Å²) in [6.45, 7) is 17.0. The lowest BCUT2D eigenvalue weighted by Gasteiger charge is -2.26. The highest BCUT2D eigenvalue weighted by Crippen LogP contribution is 2.12. The fraction of sp³-hybridized carbons (Fsp3) is 0.882. The highest BCUT2D eigenvalue weighted by molar-refractivity contribution is 5.83. The molecular weight excluding hydrogens is 260 g/mol. The van der Waals surface area contributed by atoms with Crippen LogP contribution in [-0.2, 0) is 0 Å². The van der Waals surface area contributed by atoms with E-state index in [0.29, 0.717) is 0 Å². The van der Waals surface area contributed by atoms with E-state index in [2.05, 4.69) is 52.2 Å². The second-order valence-corrected chi connectivity index (χ2v) is 7.56. The fourth-order valence-corrected chi connectivity index (χ4v) is 2.93. The van der Waals surface area contributed by atoms with Crippen molar-refractivity contribution in [2.24, 2.45) is 9.98 Å². The number of hydrogen-bond acceptors (Lipinski definition) is 4. The van der Waals surface area contributed by atoms with Crippen molar-refractivity contribution < 1.29 is 0 Å². The zero-order valence-corrected chi connectivity index (χ0v) is 14.8. The molecule has 0 aliphatic carbocycles. The predicted molar refractivity (Wildman–Crippen MR) is 94.0 cm³/mol. The third kappa shape index (κ3) is 8.32. The number of nitrogens with zero attached hydrogens (tertiary/aromatic N) is 2. The summed E-state index contributed by atoms with van der Waals surface area (Å²) < 4.78 is 0. The molecule has 0 saturated carbocycles. The van der Waals surface area contributed by atoms with E-state index in [0.717, 1.165) is 45.4 Å². The molecule has 0 saturated heterocycles. The number of aliphatic imine (C=N–C) groups is 2. The Morgan fingerprint density at radius 3 is 1.81 bits per heavy atom. The first-order valence-corrected chi connectivity index (χ1v) is 8.20. The average Bonchev–Trinajstić information content (AvgIpc) is 2.32. The second-order valence-electron chi connectivity index (χ2n) is 7.56. The van der Waals surface area contributed by atoms with Gasteiger partial charge in [-0.2, -0.15) is 0 Å². The molecule has 21 heavy (non-hydrogen) atoms. The predicted octanol–water partition coefficient (Wildman–Crippen LogP) is 2.83. The first kappa shape index (κ1) is 18.3. The lowest BCUT2D eigenvalue weighted by atomic mass is 9.97. The van der Waals surface area contributed by atoms with Gasteiger partial charge in [0.2, 0.25) is 0 Å². The summed E-state index contributed by atoms with van der Waals surface area (Å²) in [6.07, 6.45) is 3.08. The van der Waals surface area contributed by atoms with Crippen molar-refractivity contribution in [2.75, 3.05) is 26.2 Å². The van der Waals surface area contributed by atoms with E-state index in [4.69, 9.17) is 9.98 Å². The van der Waals surface area contributed by atoms with Gasteiger partial charge in [-0.3, -0.25) is 9.98 Å². The topological polar surface area (TPSA) is 48.8 Å². The average molecular weight is 294 g/mol. The van der Waals surface area contributed by atoms with E-state index in [1.165, 1.54) is 11.4 Å². The molecule has 2 N–H and O–H groups in total. The van der Waals surface area contributed by atoms with Crippen molar-refractivity contribution in [3.05, 3.63) is 0 Å². The summed E-state index contributed by atoms with van der Waals surface area (Å²) >= 11 is 0. The van der Waals surface area contributed by atoms with Crippen LogP contribution in [0.1, 0.15) is 60.8 Å². The van der Waals surface area contributed by atoms with Crippen molar-refractivity contribution >= 4 is 11.4 Å². The van der Waals surface area contributed by atoms with Crippen LogP contribution in [0.2, 0.25) is 0 Å². The van der Waals surface area contributed by atoms with Crippen molar-refractivity contribution in [2.45, 2.75) is 71.9 Å². The Balaban J connectivity index is 2.71. The maximum atomic E-state index is 4.70. The van der Waals surface area contributed by atoms with E-state index in [1.54, 1.807) is 0 Å². The Morgan fingerprint density at radius 2 is 1.24 bits per heavy atom. The molecular formula is C17H34N4. The van der Waals surface area contributed by atoms with Crippen LogP contribution in [0.3, 0.4) is 0 Å². The SMILES string of the molecule is CC1=NCCNC(C)(C)CC(C)=NCCCNC(C)(C)C1. The summed E-state index contributed by atoms with van der Waals surface area (Å²) in [4.78, 5) is 9.40. The highest BCUT2D eigenvalue weighted by atomic mass is 15.0. The standard InChI is InChI=1S/C17H34N4/c1-14-12-17(5,6)21-11-10-19-15(2)13-16(3,4)20-9-7-8-18-14/h20-21H,7-13H2,1-6H3. The van der Waals surface area contributed by atoms with E-state index < -0.39 is 0 Å². The van der Waals surface area contributed by atoms with Crippen LogP contribution in [0.4, 0.5) is 0 Å². The van der Waals surface area contributed by atoms with Crippen LogP contribution < -0.4 is 10.6 Å². The molecule has 4 heteroatoms. The maximum Gasteiger partial charge on any atom is 0.0513 e.